The van der Waals surface area contributed by atoms with Crippen molar-refractivity contribution in [2.75, 3.05) is 19.7 Å². The molecule has 1 N–H and O–H groups in total. The monoisotopic (exact) mass is 373 g/mol. The van der Waals surface area contributed by atoms with Crippen LogP contribution in [0, 0.1) is 5.92 Å². The van der Waals surface area contributed by atoms with Gasteiger partial charge in [-0.15, -0.1) is 0 Å². The molecule has 1 saturated heterocycles. The van der Waals surface area contributed by atoms with Crippen molar-refractivity contribution in [1.29, 1.82) is 0 Å². The van der Waals surface area contributed by atoms with Crippen LogP contribution in [0.5, 0.6) is 0 Å². The van der Waals surface area contributed by atoms with Crippen molar-refractivity contribution in [3.05, 3.63) is 30.0 Å². The number of benzene rings is 1. The fraction of sp³-hybridized carbons (Fsp3) is 0.550. The summed E-state index contributed by atoms with van der Waals surface area (Å²) in [6.07, 6.45) is 3.29. The SMILES string of the molecule is CC(C)(C)OC(=O)N1CCC(C(COC=O)c2ccc3n[nH]cc3c2)CC1. The zero-order valence-electron chi connectivity index (χ0n) is 16.1. The van der Waals surface area contributed by atoms with E-state index < -0.39 is 5.60 Å². The smallest absolute Gasteiger partial charge is 0.410 e. The zero-order chi connectivity index (χ0) is 19.4. The zero-order valence-corrected chi connectivity index (χ0v) is 16.1. The number of nitrogens with zero attached hydrogens (tertiary/aromatic N) is 2. The largest absolute Gasteiger partial charge is 0.467 e. The number of hydrogen-bond acceptors (Lipinski definition) is 5. The first-order valence-corrected chi connectivity index (χ1v) is 9.34. The minimum Gasteiger partial charge on any atom is -0.467 e. The van der Waals surface area contributed by atoms with Crippen molar-refractivity contribution in [2.24, 2.45) is 5.92 Å². The lowest BCUT2D eigenvalue weighted by molar-refractivity contribution is -0.129. The van der Waals surface area contributed by atoms with Crippen molar-refractivity contribution in [3.8, 4) is 0 Å². The first-order valence-electron chi connectivity index (χ1n) is 9.34. The number of aromatic amines is 1. The summed E-state index contributed by atoms with van der Waals surface area (Å²) in [5.41, 5.74) is 1.55. The molecule has 1 aliphatic rings. The summed E-state index contributed by atoms with van der Waals surface area (Å²) in [5.74, 6) is 0.420. The van der Waals surface area contributed by atoms with Crippen molar-refractivity contribution in [2.45, 2.75) is 45.1 Å². The summed E-state index contributed by atoms with van der Waals surface area (Å²) in [4.78, 5) is 24.8. The van der Waals surface area contributed by atoms with Gasteiger partial charge in [-0.25, -0.2) is 4.79 Å². The van der Waals surface area contributed by atoms with Crippen LogP contribution >= 0.6 is 0 Å². The number of likely N-dealkylation sites (tertiary alicyclic amines) is 1. The molecule has 0 bridgehead atoms. The number of nitrogens with one attached hydrogen (secondary N) is 1. The molecule has 27 heavy (non-hydrogen) atoms. The van der Waals surface area contributed by atoms with Crippen molar-refractivity contribution >= 4 is 23.5 Å². The van der Waals surface area contributed by atoms with Gasteiger partial charge >= 0.3 is 6.09 Å². The predicted octanol–water partition coefficient (Wildman–Crippen LogP) is 3.47. The molecule has 2 heterocycles. The Balaban J connectivity index is 1.69. The Morgan fingerprint density at radius 2 is 2.11 bits per heavy atom. The molecular formula is C20H27N3O4. The summed E-state index contributed by atoms with van der Waals surface area (Å²) in [6.45, 7) is 7.74. The highest BCUT2D eigenvalue weighted by molar-refractivity contribution is 5.78. The van der Waals surface area contributed by atoms with Crippen LogP contribution in [0.15, 0.2) is 24.4 Å². The number of ether oxygens (including phenoxy) is 2. The molecule has 7 nitrogen and oxygen atoms in total. The summed E-state index contributed by atoms with van der Waals surface area (Å²) < 4.78 is 10.6. The molecule has 0 aliphatic carbocycles. The molecule has 3 rings (SSSR count). The van der Waals surface area contributed by atoms with Crippen LogP contribution in [-0.4, -0.2) is 53.0 Å². The van der Waals surface area contributed by atoms with Crippen molar-refractivity contribution in [1.82, 2.24) is 15.1 Å². The van der Waals surface area contributed by atoms with Gasteiger partial charge in [-0.2, -0.15) is 5.10 Å². The Kier molecular flexibility index (Phi) is 5.68. The third-order valence-electron chi connectivity index (χ3n) is 4.99. The van der Waals surface area contributed by atoms with E-state index in [9.17, 15) is 9.59 Å². The number of amides is 1. The maximum atomic E-state index is 12.3. The second kappa shape index (κ2) is 7.98. The quantitative estimate of drug-likeness (QED) is 0.811. The number of H-pyrrole nitrogens is 1. The number of rotatable bonds is 5. The average molecular weight is 373 g/mol. The van der Waals surface area contributed by atoms with Gasteiger partial charge in [-0.3, -0.25) is 9.89 Å². The molecule has 1 aromatic heterocycles. The van der Waals surface area contributed by atoms with Gasteiger partial charge < -0.3 is 14.4 Å². The summed E-state index contributed by atoms with van der Waals surface area (Å²) >= 11 is 0. The molecule has 0 saturated carbocycles. The second-order valence-corrected chi connectivity index (χ2v) is 8.04. The highest BCUT2D eigenvalue weighted by Gasteiger charge is 2.31. The fourth-order valence-electron chi connectivity index (χ4n) is 3.65. The maximum Gasteiger partial charge on any atom is 0.410 e. The van der Waals surface area contributed by atoms with Crippen LogP contribution in [0.4, 0.5) is 4.79 Å². The molecule has 1 fully saturated rings. The van der Waals surface area contributed by atoms with Gasteiger partial charge in [-0.1, -0.05) is 6.07 Å². The van der Waals surface area contributed by atoms with E-state index in [1.807, 2.05) is 39.1 Å². The van der Waals surface area contributed by atoms with E-state index in [1.165, 1.54) is 0 Å². The second-order valence-electron chi connectivity index (χ2n) is 8.04. The standard InChI is InChI=1S/C20H27N3O4/c1-20(2,3)27-19(25)23-8-6-14(7-9-23)17(12-26-13-24)15-4-5-18-16(10-15)11-21-22-18/h4-5,10-11,13-14,17H,6-9,12H2,1-3H3,(H,21,22). The first kappa shape index (κ1) is 19.2. The minimum absolute atomic E-state index is 0.0929. The Labute approximate surface area is 159 Å². The molecule has 1 atom stereocenters. The number of piperidine rings is 1. The number of carbonyl (C=O) groups excluding carboxylic acids is 2. The lowest BCUT2D eigenvalue weighted by Crippen LogP contribution is -2.43. The topological polar surface area (TPSA) is 84.5 Å². The van der Waals surface area contributed by atoms with Crippen LogP contribution in [0.25, 0.3) is 10.9 Å². The lowest BCUT2D eigenvalue weighted by atomic mass is 9.80. The highest BCUT2D eigenvalue weighted by Crippen LogP contribution is 2.34. The van der Waals surface area contributed by atoms with Crippen LogP contribution in [0.3, 0.4) is 0 Å². The van der Waals surface area contributed by atoms with Crippen LogP contribution in [0.2, 0.25) is 0 Å². The molecule has 0 spiro atoms. The summed E-state index contributed by atoms with van der Waals surface area (Å²) in [6, 6.07) is 6.12. The Hall–Kier alpha value is -2.57. The van der Waals surface area contributed by atoms with Gasteiger partial charge in [0.1, 0.15) is 5.60 Å². The van der Waals surface area contributed by atoms with Gasteiger partial charge in [0, 0.05) is 30.6 Å². The minimum atomic E-state index is -0.492. The number of fused-ring (bicyclic) bond motifs is 1. The third kappa shape index (κ3) is 4.78. The van der Waals surface area contributed by atoms with Gasteiger partial charge in [0.2, 0.25) is 0 Å². The first-order chi connectivity index (χ1) is 12.9. The highest BCUT2D eigenvalue weighted by atomic mass is 16.6. The van der Waals surface area contributed by atoms with E-state index in [0.29, 0.717) is 32.1 Å². The molecular weight excluding hydrogens is 346 g/mol. The predicted molar refractivity (Wildman–Crippen MR) is 101 cm³/mol. The molecule has 2 aromatic rings. The van der Waals surface area contributed by atoms with Crippen molar-refractivity contribution in [3.63, 3.8) is 0 Å². The maximum absolute atomic E-state index is 12.3. The van der Waals surface area contributed by atoms with Crippen LogP contribution in [0.1, 0.15) is 45.1 Å². The van der Waals surface area contributed by atoms with Gasteiger partial charge in [-0.05, 0) is 57.2 Å². The van der Waals surface area contributed by atoms with Crippen LogP contribution < -0.4 is 0 Å². The number of carbonyl (C=O) groups is 2. The van der Waals surface area contributed by atoms with Crippen LogP contribution in [-0.2, 0) is 14.3 Å². The van der Waals surface area contributed by atoms with E-state index >= 15 is 0 Å². The Morgan fingerprint density at radius 1 is 1.37 bits per heavy atom. The molecule has 1 amide bonds. The van der Waals surface area contributed by atoms with Crippen molar-refractivity contribution < 1.29 is 19.1 Å². The lowest BCUT2D eigenvalue weighted by Gasteiger charge is -2.36. The Bertz CT molecular complexity index is 788. The fourth-order valence-corrected chi connectivity index (χ4v) is 3.65. The number of hydrogen-bond donors (Lipinski definition) is 1. The molecule has 1 unspecified atom stereocenters. The normalized spacial score (nSPS) is 16.9. The molecule has 7 heteroatoms. The molecule has 146 valence electrons. The van der Waals surface area contributed by atoms with Gasteiger partial charge in [0.05, 0.1) is 12.1 Å². The molecule has 1 aliphatic heterocycles. The summed E-state index contributed by atoms with van der Waals surface area (Å²) in [7, 11) is 0. The molecule has 0 radical (unpaired) electrons. The van der Waals surface area contributed by atoms with E-state index in [-0.39, 0.29) is 12.0 Å². The van der Waals surface area contributed by atoms with Gasteiger partial charge in [0.15, 0.2) is 0 Å². The number of aromatic nitrogens is 2. The van der Waals surface area contributed by atoms with Gasteiger partial charge in [0.25, 0.3) is 6.47 Å². The Morgan fingerprint density at radius 3 is 2.78 bits per heavy atom. The van der Waals surface area contributed by atoms with E-state index in [1.54, 1.807) is 4.90 Å². The van der Waals surface area contributed by atoms with E-state index in [4.69, 9.17) is 9.47 Å². The third-order valence-corrected chi connectivity index (χ3v) is 4.99. The average Bonchev–Trinajstić information content (AvgIpc) is 3.09. The molecule has 1 aromatic carbocycles. The summed E-state index contributed by atoms with van der Waals surface area (Å²) in [5, 5.41) is 8.09. The van der Waals surface area contributed by atoms with E-state index in [0.717, 1.165) is 29.3 Å². The van der Waals surface area contributed by atoms with E-state index in [2.05, 4.69) is 16.3 Å².